The van der Waals surface area contributed by atoms with Crippen molar-refractivity contribution in [1.82, 2.24) is 10.2 Å². The van der Waals surface area contributed by atoms with E-state index < -0.39 is 18.1 Å². The van der Waals surface area contributed by atoms with Crippen LogP contribution in [0.5, 0.6) is 5.75 Å². The van der Waals surface area contributed by atoms with Crippen LogP contribution in [0.1, 0.15) is 45.6 Å². The number of benzene rings is 1. The molecule has 1 fully saturated rings. The zero-order valence-electron chi connectivity index (χ0n) is 17.1. The first-order chi connectivity index (χ1) is 13.3. The minimum Gasteiger partial charge on any atom is -0.481 e. The molecule has 7 heteroatoms. The molecule has 1 aromatic carbocycles. The van der Waals surface area contributed by atoms with Crippen molar-refractivity contribution in [3.05, 3.63) is 29.8 Å². The number of amides is 2. The van der Waals surface area contributed by atoms with Gasteiger partial charge in [-0.1, -0.05) is 26.0 Å². The number of hydrogen-bond acceptors (Lipinski definition) is 5. The Bertz CT molecular complexity index is 706. The fourth-order valence-corrected chi connectivity index (χ4v) is 3.04. The molecule has 0 aromatic heterocycles. The Labute approximate surface area is 166 Å². The summed E-state index contributed by atoms with van der Waals surface area (Å²) in [5.41, 5.74) is 1.03. The van der Waals surface area contributed by atoms with Crippen molar-refractivity contribution in [3.63, 3.8) is 0 Å². The highest BCUT2D eigenvalue weighted by atomic mass is 16.5. The molecule has 2 rings (SSSR count). The standard InChI is InChI=1S/C21H30N2O5/c1-5-15(4)27-19(24)13-17-20(25)22-10-11-23(17)21(26)18(6-2)28-16-9-7-8-14(3)12-16/h7-9,12,15,17-18H,5-6,10-11,13H2,1-4H3,(H,22,25). The number of ether oxygens (including phenoxy) is 2. The van der Waals surface area contributed by atoms with E-state index in [1.54, 1.807) is 13.0 Å². The summed E-state index contributed by atoms with van der Waals surface area (Å²) in [5.74, 6) is -0.512. The summed E-state index contributed by atoms with van der Waals surface area (Å²) in [6, 6.07) is 6.59. The van der Waals surface area contributed by atoms with Crippen LogP contribution in [-0.4, -0.2) is 54.0 Å². The number of aryl methyl sites for hydroxylation is 1. The van der Waals surface area contributed by atoms with Crippen LogP contribution in [0.25, 0.3) is 0 Å². The second-order valence-corrected chi connectivity index (χ2v) is 7.08. The van der Waals surface area contributed by atoms with Gasteiger partial charge in [0.05, 0.1) is 12.5 Å². The molecule has 1 aliphatic heterocycles. The molecule has 7 nitrogen and oxygen atoms in total. The van der Waals surface area contributed by atoms with Gasteiger partial charge in [0.2, 0.25) is 5.91 Å². The molecule has 28 heavy (non-hydrogen) atoms. The molecule has 0 bridgehead atoms. The lowest BCUT2D eigenvalue weighted by Gasteiger charge is -2.36. The highest BCUT2D eigenvalue weighted by Gasteiger charge is 2.38. The third-order valence-corrected chi connectivity index (χ3v) is 4.80. The fourth-order valence-electron chi connectivity index (χ4n) is 3.04. The first-order valence-electron chi connectivity index (χ1n) is 9.86. The summed E-state index contributed by atoms with van der Waals surface area (Å²) in [4.78, 5) is 39.1. The van der Waals surface area contributed by atoms with Gasteiger partial charge in [-0.15, -0.1) is 0 Å². The minimum atomic E-state index is -0.882. The van der Waals surface area contributed by atoms with Crippen molar-refractivity contribution in [2.24, 2.45) is 0 Å². The molecule has 154 valence electrons. The highest BCUT2D eigenvalue weighted by Crippen LogP contribution is 2.19. The van der Waals surface area contributed by atoms with Gasteiger partial charge in [0.15, 0.2) is 6.10 Å². The normalized spacial score (nSPS) is 18.8. The minimum absolute atomic E-state index is 0.164. The van der Waals surface area contributed by atoms with E-state index in [0.717, 1.165) is 5.56 Å². The van der Waals surface area contributed by atoms with Gasteiger partial charge in [0.1, 0.15) is 11.8 Å². The van der Waals surface area contributed by atoms with E-state index in [4.69, 9.17) is 9.47 Å². The predicted molar refractivity (Wildman–Crippen MR) is 105 cm³/mol. The van der Waals surface area contributed by atoms with Gasteiger partial charge in [-0.2, -0.15) is 0 Å². The SMILES string of the molecule is CCC(C)OC(=O)CC1C(=O)NCCN1C(=O)C(CC)Oc1cccc(C)c1. The van der Waals surface area contributed by atoms with Crippen molar-refractivity contribution in [3.8, 4) is 5.75 Å². The predicted octanol–water partition coefficient (Wildman–Crippen LogP) is 2.21. The Morgan fingerprint density at radius 1 is 1.29 bits per heavy atom. The first kappa shape index (κ1) is 21.7. The number of carbonyl (C=O) groups is 3. The number of esters is 1. The van der Waals surface area contributed by atoms with Gasteiger partial charge in [-0.05, 0) is 44.4 Å². The van der Waals surface area contributed by atoms with Gasteiger partial charge >= 0.3 is 5.97 Å². The molecule has 0 saturated carbocycles. The summed E-state index contributed by atoms with van der Waals surface area (Å²) in [6.45, 7) is 8.19. The maximum absolute atomic E-state index is 13.1. The molecular formula is C21H30N2O5. The average molecular weight is 390 g/mol. The molecule has 0 radical (unpaired) electrons. The van der Waals surface area contributed by atoms with Crippen molar-refractivity contribution < 1.29 is 23.9 Å². The van der Waals surface area contributed by atoms with Crippen molar-refractivity contribution in [2.75, 3.05) is 13.1 Å². The maximum Gasteiger partial charge on any atom is 0.308 e. The maximum atomic E-state index is 13.1. The van der Waals surface area contributed by atoms with E-state index in [1.165, 1.54) is 4.90 Å². The van der Waals surface area contributed by atoms with E-state index in [-0.39, 0.29) is 24.3 Å². The number of nitrogens with zero attached hydrogens (tertiary/aromatic N) is 1. The topological polar surface area (TPSA) is 84.9 Å². The lowest BCUT2D eigenvalue weighted by atomic mass is 10.1. The second kappa shape index (κ2) is 10.1. The Morgan fingerprint density at radius 2 is 2.04 bits per heavy atom. The van der Waals surface area contributed by atoms with Crippen molar-refractivity contribution in [2.45, 2.75) is 65.2 Å². The van der Waals surface area contributed by atoms with Crippen LogP contribution in [0.15, 0.2) is 24.3 Å². The highest BCUT2D eigenvalue weighted by molar-refractivity contribution is 5.93. The molecule has 1 N–H and O–H groups in total. The molecular weight excluding hydrogens is 360 g/mol. The van der Waals surface area contributed by atoms with Crippen LogP contribution in [0.3, 0.4) is 0 Å². The number of carbonyl (C=O) groups excluding carboxylic acids is 3. The smallest absolute Gasteiger partial charge is 0.308 e. The number of piperazine rings is 1. The summed E-state index contributed by atoms with van der Waals surface area (Å²) < 4.78 is 11.2. The molecule has 1 heterocycles. The zero-order chi connectivity index (χ0) is 20.7. The Hall–Kier alpha value is -2.57. The van der Waals surface area contributed by atoms with E-state index in [1.807, 2.05) is 39.0 Å². The molecule has 1 saturated heterocycles. The lowest BCUT2D eigenvalue weighted by Crippen LogP contribution is -2.60. The third kappa shape index (κ3) is 5.71. The lowest BCUT2D eigenvalue weighted by molar-refractivity contribution is -0.156. The van der Waals surface area contributed by atoms with Crippen molar-refractivity contribution >= 4 is 17.8 Å². The van der Waals surface area contributed by atoms with E-state index in [2.05, 4.69) is 5.32 Å². The molecule has 3 unspecified atom stereocenters. The van der Waals surface area contributed by atoms with Crippen LogP contribution >= 0.6 is 0 Å². The Kier molecular flexibility index (Phi) is 7.84. The monoisotopic (exact) mass is 390 g/mol. The van der Waals surface area contributed by atoms with Crippen LogP contribution in [0.4, 0.5) is 0 Å². The van der Waals surface area contributed by atoms with Crippen LogP contribution in [0.2, 0.25) is 0 Å². The number of rotatable bonds is 8. The Morgan fingerprint density at radius 3 is 2.68 bits per heavy atom. The summed E-state index contributed by atoms with van der Waals surface area (Å²) in [5, 5.41) is 2.72. The largest absolute Gasteiger partial charge is 0.481 e. The summed E-state index contributed by atoms with van der Waals surface area (Å²) in [7, 11) is 0. The van der Waals surface area contributed by atoms with Gasteiger partial charge in [0, 0.05) is 13.1 Å². The van der Waals surface area contributed by atoms with Gasteiger partial charge in [-0.25, -0.2) is 0 Å². The zero-order valence-corrected chi connectivity index (χ0v) is 17.1. The quantitative estimate of drug-likeness (QED) is 0.688. The van der Waals surface area contributed by atoms with Gasteiger partial charge in [0.25, 0.3) is 5.91 Å². The molecule has 0 spiro atoms. The fraction of sp³-hybridized carbons (Fsp3) is 0.571. The molecule has 1 aromatic rings. The van der Waals surface area contributed by atoms with E-state index >= 15 is 0 Å². The second-order valence-electron chi connectivity index (χ2n) is 7.08. The first-order valence-corrected chi connectivity index (χ1v) is 9.86. The third-order valence-electron chi connectivity index (χ3n) is 4.80. The Balaban J connectivity index is 2.12. The van der Waals surface area contributed by atoms with Crippen LogP contribution in [-0.2, 0) is 19.1 Å². The molecule has 1 aliphatic rings. The van der Waals surface area contributed by atoms with Gasteiger partial charge in [-0.3, -0.25) is 14.4 Å². The summed E-state index contributed by atoms with van der Waals surface area (Å²) in [6.07, 6.45) is 0.0303. The van der Waals surface area contributed by atoms with Crippen molar-refractivity contribution in [1.29, 1.82) is 0 Å². The van der Waals surface area contributed by atoms with Crippen LogP contribution in [0, 0.1) is 6.92 Å². The summed E-state index contributed by atoms with van der Waals surface area (Å²) >= 11 is 0. The number of nitrogens with one attached hydrogen (secondary N) is 1. The van der Waals surface area contributed by atoms with Crippen LogP contribution < -0.4 is 10.1 Å². The van der Waals surface area contributed by atoms with E-state index in [0.29, 0.717) is 31.7 Å². The average Bonchev–Trinajstić information content (AvgIpc) is 2.67. The molecule has 0 aliphatic carbocycles. The number of hydrogen-bond donors (Lipinski definition) is 1. The molecule has 3 atom stereocenters. The van der Waals surface area contributed by atoms with Gasteiger partial charge < -0.3 is 19.7 Å². The molecule has 2 amide bonds. The van der Waals surface area contributed by atoms with E-state index in [9.17, 15) is 14.4 Å².